The first-order valence-electron chi connectivity index (χ1n) is 7.19. The minimum absolute atomic E-state index is 0.285. The quantitative estimate of drug-likeness (QED) is 0.811. The molecule has 0 spiro atoms. The van der Waals surface area contributed by atoms with Gasteiger partial charge >= 0.3 is 0 Å². The van der Waals surface area contributed by atoms with Gasteiger partial charge in [-0.3, -0.25) is 0 Å². The molecule has 0 aromatic heterocycles. The van der Waals surface area contributed by atoms with Gasteiger partial charge in [-0.1, -0.05) is 88.4 Å². The molecule has 1 N–H and O–H groups in total. The average molecular weight is 257 g/mol. The third-order valence-corrected chi connectivity index (χ3v) is 2.55. The normalized spacial score (nSPS) is 8.95. The predicted molar refractivity (Wildman–Crippen MR) is 86.5 cm³/mol. The number of hydrogen-bond donors (Lipinski definition) is 1. The van der Waals surface area contributed by atoms with Crippen LogP contribution in [0.1, 0.15) is 44.9 Å². The van der Waals surface area contributed by atoms with E-state index >= 15 is 0 Å². The highest BCUT2D eigenvalue weighted by Gasteiger charge is 2.09. The molecule has 1 heteroatoms. The fraction of sp³-hybridized carbons (Fsp3) is 0.333. The van der Waals surface area contributed by atoms with Crippen LogP contribution in [0.3, 0.4) is 0 Å². The van der Waals surface area contributed by atoms with E-state index in [0.29, 0.717) is 0 Å². The Kier molecular flexibility index (Phi) is 10.5. The molecule has 0 atom stereocenters. The van der Waals surface area contributed by atoms with Crippen molar-refractivity contribution in [2.45, 2.75) is 33.7 Å². The van der Waals surface area contributed by atoms with Crippen molar-refractivity contribution in [2.24, 2.45) is 0 Å². The number of hydrogen-bond acceptors (Lipinski definition) is 1. The summed E-state index contributed by atoms with van der Waals surface area (Å²) in [7, 11) is 1.99. The SMILES string of the molecule is CC.CC.CNC(c1ccccc1)c1ccccc1. The fourth-order valence-corrected chi connectivity index (χ4v) is 1.82. The molecule has 0 aliphatic rings. The van der Waals surface area contributed by atoms with Crippen LogP contribution in [-0.4, -0.2) is 7.05 Å². The van der Waals surface area contributed by atoms with E-state index in [4.69, 9.17) is 0 Å². The highest BCUT2D eigenvalue weighted by Crippen LogP contribution is 2.20. The Morgan fingerprint density at radius 3 is 1.21 bits per heavy atom. The van der Waals surface area contributed by atoms with Gasteiger partial charge in [-0.2, -0.15) is 0 Å². The lowest BCUT2D eigenvalue weighted by molar-refractivity contribution is 0.692. The lowest BCUT2D eigenvalue weighted by Gasteiger charge is -2.16. The molecule has 2 rings (SSSR count). The van der Waals surface area contributed by atoms with Gasteiger partial charge in [-0.15, -0.1) is 0 Å². The summed E-state index contributed by atoms with van der Waals surface area (Å²) in [6.07, 6.45) is 0. The van der Waals surface area contributed by atoms with Crippen LogP contribution >= 0.6 is 0 Å². The minimum atomic E-state index is 0.285. The van der Waals surface area contributed by atoms with Crippen LogP contribution in [0.5, 0.6) is 0 Å². The van der Waals surface area contributed by atoms with Crippen LogP contribution in [-0.2, 0) is 0 Å². The molecule has 19 heavy (non-hydrogen) atoms. The summed E-state index contributed by atoms with van der Waals surface area (Å²) in [5.74, 6) is 0. The maximum absolute atomic E-state index is 3.33. The third kappa shape index (κ3) is 5.71. The van der Waals surface area contributed by atoms with E-state index in [1.807, 2.05) is 46.9 Å². The van der Waals surface area contributed by atoms with Crippen molar-refractivity contribution in [3.05, 3.63) is 71.8 Å². The van der Waals surface area contributed by atoms with Crippen LogP contribution in [0.4, 0.5) is 0 Å². The molecule has 0 heterocycles. The van der Waals surface area contributed by atoms with E-state index in [-0.39, 0.29) is 6.04 Å². The lowest BCUT2D eigenvalue weighted by atomic mass is 9.99. The van der Waals surface area contributed by atoms with Crippen LogP contribution in [0.2, 0.25) is 0 Å². The maximum Gasteiger partial charge on any atom is 0.0574 e. The minimum Gasteiger partial charge on any atom is -0.309 e. The first-order valence-corrected chi connectivity index (χ1v) is 7.19. The summed E-state index contributed by atoms with van der Waals surface area (Å²) in [6.45, 7) is 8.00. The summed E-state index contributed by atoms with van der Waals surface area (Å²) in [4.78, 5) is 0. The predicted octanol–water partition coefficient (Wildman–Crippen LogP) is 5.05. The van der Waals surface area contributed by atoms with Crippen molar-refractivity contribution >= 4 is 0 Å². The molecule has 0 amide bonds. The van der Waals surface area contributed by atoms with E-state index < -0.39 is 0 Å². The summed E-state index contributed by atoms with van der Waals surface area (Å²) in [6, 6.07) is 21.2. The Bertz CT molecular complexity index is 355. The van der Waals surface area contributed by atoms with Crippen LogP contribution < -0.4 is 5.32 Å². The molecule has 2 aromatic rings. The Balaban J connectivity index is 0.000000741. The Hall–Kier alpha value is -1.60. The molecule has 0 aliphatic heterocycles. The van der Waals surface area contributed by atoms with Crippen molar-refractivity contribution < 1.29 is 0 Å². The molecule has 0 saturated carbocycles. The summed E-state index contributed by atoms with van der Waals surface area (Å²) in [5, 5.41) is 3.33. The molecule has 0 radical (unpaired) electrons. The topological polar surface area (TPSA) is 12.0 Å². The lowest BCUT2D eigenvalue weighted by Crippen LogP contribution is -2.17. The summed E-state index contributed by atoms with van der Waals surface area (Å²) < 4.78 is 0. The zero-order valence-corrected chi connectivity index (χ0v) is 12.9. The number of nitrogens with one attached hydrogen (secondary N) is 1. The second kappa shape index (κ2) is 11.5. The molecule has 2 aromatic carbocycles. The third-order valence-electron chi connectivity index (χ3n) is 2.55. The van der Waals surface area contributed by atoms with Gasteiger partial charge in [0.2, 0.25) is 0 Å². The Morgan fingerprint density at radius 1 is 0.632 bits per heavy atom. The van der Waals surface area contributed by atoms with Crippen molar-refractivity contribution in [1.29, 1.82) is 0 Å². The molecule has 0 bridgehead atoms. The Labute approximate surface area is 118 Å². The molecular formula is C18H27N. The van der Waals surface area contributed by atoms with E-state index in [9.17, 15) is 0 Å². The molecule has 0 aliphatic carbocycles. The van der Waals surface area contributed by atoms with E-state index in [1.54, 1.807) is 0 Å². The van der Waals surface area contributed by atoms with Gasteiger partial charge in [0.25, 0.3) is 0 Å². The second-order valence-electron chi connectivity index (χ2n) is 3.54. The van der Waals surface area contributed by atoms with Gasteiger partial charge in [-0.05, 0) is 18.2 Å². The van der Waals surface area contributed by atoms with E-state index in [1.165, 1.54) is 11.1 Å². The van der Waals surface area contributed by atoms with Gasteiger partial charge in [0.1, 0.15) is 0 Å². The van der Waals surface area contributed by atoms with Gasteiger partial charge in [0.05, 0.1) is 6.04 Å². The van der Waals surface area contributed by atoms with Gasteiger partial charge in [-0.25, -0.2) is 0 Å². The number of benzene rings is 2. The maximum atomic E-state index is 3.33. The number of rotatable bonds is 3. The fourth-order valence-electron chi connectivity index (χ4n) is 1.82. The van der Waals surface area contributed by atoms with Crippen molar-refractivity contribution in [3.8, 4) is 0 Å². The van der Waals surface area contributed by atoms with E-state index in [2.05, 4.69) is 53.8 Å². The standard InChI is InChI=1S/C14H15N.2C2H6/c1-15-14(12-8-4-2-5-9-12)13-10-6-3-7-11-13;2*1-2/h2-11,14-15H,1H3;2*1-2H3. The molecule has 0 fully saturated rings. The molecule has 1 nitrogen and oxygen atoms in total. The molecule has 0 saturated heterocycles. The first-order chi connectivity index (χ1) is 9.42. The average Bonchev–Trinajstić information content (AvgIpc) is 2.54. The molecule has 104 valence electrons. The van der Waals surface area contributed by atoms with Gasteiger partial charge < -0.3 is 5.32 Å². The highest BCUT2D eigenvalue weighted by molar-refractivity contribution is 5.31. The van der Waals surface area contributed by atoms with Crippen molar-refractivity contribution in [2.75, 3.05) is 7.05 Å². The summed E-state index contributed by atoms with van der Waals surface area (Å²) in [5.41, 5.74) is 2.59. The highest BCUT2D eigenvalue weighted by atomic mass is 14.9. The monoisotopic (exact) mass is 257 g/mol. The summed E-state index contributed by atoms with van der Waals surface area (Å²) >= 11 is 0. The zero-order chi connectivity index (χ0) is 14.5. The first kappa shape index (κ1) is 17.4. The Morgan fingerprint density at radius 2 is 0.947 bits per heavy atom. The van der Waals surface area contributed by atoms with Crippen molar-refractivity contribution in [3.63, 3.8) is 0 Å². The van der Waals surface area contributed by atoms with Gasteiger partial charge in [0.15, 0.2) is 0 Å². The van der Waals surface area contributed by atoms with Crippen LogP contribution in [0.15, 0.2) is 60.7 Å². The largest absolute Gasteiger partial charge is 0.309 e. The molecular weight excluding hydrogens is 230 g/mol. The zero-order valence-electron chi connectivity index (χ0n) is 12.9. The van der Waals surface area contributed by atoms with Crippen molar-refractivity contribution in [1.82, 2.24) is 5.32 Å². The van der Waals surface area contributed by atoms with Crippen LogP contribution in [0, 0.1) is 0 Å². The van der Waals surface area contributed by atoms with E-state index in [0.717, 1.165) is 0 Å². The van der Waals surface area contributed by atoms with Gasteiger partial charge in [0, 0.05) is 0 Å². The second-order valence-corrected chi connectivity index (χ2v) is 3.54. The van der Waals surface area contributed by atoms with Crippen LogP contribution in [0.25, 0.3) is 0 Å². The molecule has 0 unspecified atom stereocenters. The smallest absolute Gasteiger partial charge is 0.0574 e.